The number of halogens is 1. The Kier molecular flexibility index (Phi) is 2.99. The SMILES string of the molecule is COc1ccc(C(=O)c2cc3ccccc3o2)c(F)c1. The van der Waals surface area contributed by atoms with E-state index in [1.165, 1.54) is 19.2 Å². The Morgan fingerprint density at radius 2 is 1.95 bits per heavy atom. The van der Waals surface area contributed by atoms with Crippen molar-refractivity contribution in [3.8, 4) is 5.75 Å². The van der Waals surface area contributed by atoms with Crippen molar-refractivity contribution in [1.82, 2.24) is 0 Å². The number of hydrogen-bond acceptors (Lipinski definition) is 3. The molecule has 2 aromatic carbocycles. The Labute approximate surface area is 114 Å². The average Bonchev–Trinajstić information content (AvgIpc) is 2.90. The van der Waals surface area contributed by atoms with Gasteiger partial charge in [-0.1, -0.05) is 18.2 Å². The number of para-hydroxylation sites is 1. The molecule has 0 aliphatic carbocycles. The van der Waals surface area contributed by atoms with Gasteiger partial charge in [0.2, 0.25) is 5.78 Å². The van der Waals surface area contributed by atoms with Crippen LogP contribution in [0.15, 0.2) is 52.9 Å². The number of fused-ring (bicyclic) bond motifs is 1. The summed E-state index contributed by atoms with van der Waals surface area (Å²) in [5, 5.41) is 0.810. The van der Waals surface area contributed by atoms with E-state index in [-0.39, 0.29) is 11.3 Å². The number of carbonyl (C=O) groups excluding carboxylic acids is 1. The van der Waals surface area contributed by atoms with Crippen molar-refractivity contribution in [3.63, 3.8) is 0 Å². The van der Waals surface area contributed by atoms with Crippen LogP contribution >= 0.6 is 0 Å². The lowest BCUT2D eigenvalue weighted by molar-refractivity contribution is 0.101. The summed E-state index contributed by atoms with van der Waals surface area (Å²) in [6, 6.07) is 13.0. The quantitative estimate of drug-likeness (QED) is 0.679. The van der Waals surface area contributed by atoms with Gasteiger partial charge < -0.3 is 9.15 Å². The first-order valence-electron chi connectivity index (χ1n) is 6.06. The first-order chi connectivity index (χ1) is 9.69. The van der Waals surface area contributed by atoms with Gasteiger partial charge in [0.05, 0.1) is 12.7 Å². The van der Waals surface area contributed by atoms with Gasteiger partial charge in [-0.05, 0) is 24.3 Å². The standard InChI is InChI=1S/C16H11FO3/c1-19-11-6-7-12(13(17)9-11)16(18)15-8-10-4-2-3-5-14(10)20-15/h2-9H,1H3. The minimum Gasteiger partial charge on any atom is -0.497 e. The van der Waals surface area contributed by atoms with Gasteiger partial charge in [0.1, 0.15) is 17.1 Å². The second-order valence-electron chi connectivity index (χ2n) is 4.32. The molecule has 0 bridgehead atoms. The molecule has 0 radical (unpaired) electrons. The van der Waals surface area contributed by atoms with Crippen LogP contribution in [0.5, 0.6) is 5.75 Å². The molecule has 0 saturated heterocycles. The molecular weight excluding hydrogens is 259 g/mol. The van der Waals surface area contributed by atoms with Crippen molar-refractivity contribution in [3.05, 3.63) is 65.7 Å². The maximum atomic E-state index is 13.9. The lowest BCUT2D eigenvalue weighted by atomic mass is 10.1. The van der Waals surface area contributed by atoms with Gasteiger partial charge in [0, 0.05) is 11.5 Å². The van der Waals surface area contributed by atoms with Crippen molar-refractivity contribution in [2.24, 2.45) is 0 Å². The summed E-state index contributed by atoms with van der Waals surface area (Å²) in [5.74, 6) is -0.630. The van der Waals surface area contributed by atoms with Crippen molar-refractivity contribution >= 4 is 16.8 Å². The number of benzene rings is 2. The van der Waals surface area contributed by atoms with Crippen LogP contribution in [0.3, 0.4) is 0 Å². The van der Waals surface area contributed by atoms with Crippen molar-refractivity contribution in [1.29, 1.82) is 0 Å². The fraction of sp³-hybridized carbons (Fsp3) is 0.0625. The largest absolute Gasteiger partial charge is 0.497 e. The van der Waals surface area contributed by atoms with Crippen LogP contribution in [0.2, 0.25) is 0 Å². The monoisotopic (exact) mass is 270 g/mol. The third-order valence-corrected chi connectivity index (χ3v) is 3.07. The van der Waals surface area contributed by atoms with Gasteiger partial charge in [-0.2, -0.15) is 0 Å². The summed E-state index contributed by atoms with van der Waals surface area (Å²) in [6.07, 6.45) is 0. The number of ether oxygens (including phenoxy) is 1. The summed E-state index contributed by atoms with van der Waals surface area (Å²) >= 11 is 0. The van der Waals surface area contributed by atoms with Crippen LogP contribution in [0.1, 0.15) is 16.1 Å². The molecular formula is C16H11FO3. The molecule has 0 spiro atoms. The number of carbonyl (C=O) groups is 1. The predicted octanol–water partition coefficient (Wildman–Crippen LogP) is 3.81. The molecule has 0 N–H and O–H groups in total. The molecule has 3 aromatic rings. The Morgan fingerprint density at radius 1 is 1.15 bits per heavy atom. The highest BCUT2D eigenvalue weighted by molar-refractivity contribution is 6.09. The summed E-state index contributed by atoms with van der Waals surface area (Å²) < 4.78 is 24.2. The summed E-state index contributed by atoms with van der Waals surface area (Å²) in [6.45, 7) is 0. The van der Waals surface area contributed by atoms with Gasteiger partial charge in [0.25, 0.3) is 0 Å². The molecule has 4 heteroatoms. The fourth-order valence-electron chi connectivity index (χ4n) is 2.03. The summed E-state index contributed by atoms with van der Waals surface area (Å²) in [7, 11) is 1.44. The topological polar surface area (TPSA) is 39.4 Å². The van der Waals surface area contributed by atoms with E-state index in [4.69, 9.17) is 9.15 Å². The van der Waals surface area contributed by atoms with E-state index in [9.17, 15) is 9.18 Å². The van der Waals surface area contributed by atoms with E-state index in [1.54, 1.807) is 18.2 Å². The highest BCUT2D eigenvalue weighted by Gasteiger charge is 2.18. The Hall–Kier alpha value is -2.62. The molecule has 0 amide bonds. The van der Waals surface area contributed by atoms with E-state index in [0.29, 0.717) is 11.3 Å². The Bertz CT molecular complexity index is 756. The minimum absolute atomic E-state index is 0.0372. The normalized spacial score (nSPS) is 10.7. The van der Waals surface area contributed by atoms with E-state index in [1.807, 2.05) is 18.2 Å². The highest BCUT2D eigenvalue weighted by atomic mass is 19.1. The van der Waals surface area contributed by atoms with Crippen LogP contribution in [0, 0.1) is 5.82 Å². The molecule has 0 aliphatic rings. The van der Waals surface area contributed by atoms with E-state index < -0.39 is 11.6 Å². The second kappa shape index (κ2) is 4.81. The highest BCUT2D eigenvalue weighted by Crippen LogP contribution is 2.23. The van der Waals surface area contributed by atoms with E-state index >= 15 is 0 Å². The van der Waals surface area contributed by atoms with Gasteiger partial charge in [-0.25, -0.2) is 4.39 Å². The molecule has 1 aromatic heterocycles. The van der Waals surface area contributed by atoms with Gasteiger partial charge in [-0.15, -0.1) is 0 Å². The molecule has 1 heterocycles. The molecule has 100 valence electrons. The van der Waals surface area contributed by atoms with Gasteiger partial charge >= 0.3 is 0 Å². The summed E-state index contributed by atoms with van der Waals surface area (Å²) in [5.41, 5.74) is 0.564. The Balaban J connectivity index is 2.03. The zero-order chi connectivity index (χ0) is 14.1. The van der Waals surface area contributed by atoms with Crippen LogP contribution in [0.4, 0.5) is 4.39 Å². The average molecular weight is 270 g/mol. The smallest absolute Gasteiger partial charge is 0.231 e. The number of rotatable bonds is 3. The van der Waals surface area contributed by atoms with Crippen LogP contribution in [-0.2, 0) is 0 Å². The first kappa shape index (κ1) is 12.4. The zero-order valence-corrected chi connectivity index (χ0v) is 10.7. The third-order valence-electron chi connectivity index (χ3n) is 3.07. The van der Waals surface area contributed by atoms with Gasteiger partial charge in [-0.3, -0.25) is 4.79 Å². The maximum Gasteiger partial charge on any atom is 0.231 e. The van der Waals surface area contributed by atoms with Crippen molar-refractivity contribution in [2.75, 3.05) is 7.11 Å². The third kappa shape index (κ3) is 2.05. The molecule has 0 atom stereocenters. The maximum absolute atomic E-state index is 13.9. The minimum atomic E-state index is -0.630. The molecule has 0 fully saturated rings. The lowest BCUT2D eigenvalue weighted by Crippen LogP contribution is -2.03. The molecule has 0 saturated carbocycles. The van der Waals surface area contributed by atoms with Crippen LogP contribution in [0.25, 0.3) is 11.0 Å². The molecule has 0 aliphatic heterocycles. The van der Waals surface area contributed by atoms with E-state index in [0.717, 1.165) is 5.39 Å². The van der Waals surface area contributed by atoms with E-state index in [2.05, 4.69) is 0 Å². The number of hydrogen-bond donors (Lipinski definition) is 0. The molecule has 3 nitrogen and oxygen atoms in total. The molecule has 0 unspecified atom stereocenters. The molecule has 20 heavy (non-hydrogen) atoms. The number of methoxy groups -OCH3 is 1. The lowest BCUT2D eigenvalue weighted by Gasteiger charge is -2.03. The zero-order valence-electron chi connectivity index (χ0n) is 10.7. The summed E-state index contributed by atoms with van der Waals surface area (Å²) in [4.78, 5) is 12.3. The van der Waals surface area contributed by atoms with Crippen LogP contribution in [-0.4, -0.2) is 12.9 Å². The Morgan fingerprint density at radius 3 is 2.65 bits per heavy atom. The number of ketones is 1. The van der Waals surface area contributed by atoms with Gasteiger partial charge in [0.15, 0.2) is 5.76 Å². The fourth-order valence-corrected chi connectivity index (χ4v) is 2.03. The van der Waals surface area contributed by atoms with Crippen molar-refractivity contribution in [2.45, 2.75) is 0 Å². The predicted molar refractivity (Wildman–Crippen MR) is 72.6 cm³/mol. The first-order valence-corrected chi connectivity index (χ1v) is 6.06. The van der Waals surface area contributed by atoms with Crippen LogP contribution < -0.4 is 4.74 Å². The molecule has 3 rings (SSSR count). The second-order valence-corrected chi connectivity index (χ2v) is 4.32. The van der Waals surface area contributed by atoms with Crippen molar-refractivity contribution < 1.29 is 18.3 Å². The number of furan rings is 1.